The summed E-state index contributed by atoms with van der Waals surface area (Å²) in [4.78, 5) is 14.9. The summed E-state index contributed by atoms with van der Waals surface area (Å²) in [5, 5.41) is 8.79. The van der Waals surface area contributed by atoms with Crippen LogP contribution in [0.3, 0.4) is 0 Å². The largest absolute Gasteiger partial charge is 0.469 e. The highest BCUT2D eigenvalue weighted by Crippen LogP contribution is 2.28. The Bertz CT molecular complexity index is 481. The highest BCUT2D eigenvalue weighted by Gasteiger charge is 2.22. The topological polar surface area (TPSA) is 63.0 Å². The maximum Gasteiger partial charge on any atom is 0.310 e. The second-order valence-corrected chi connectivity index (χ2v) is 3.35. The Morgan fingerprint density at radius 3 is 2.76 bits per heavy atom. The predicted octanol–water partition coefficient (Wildman–Crippen LogP) is 1.91. The summed E-state index contributed by atoms with van der Waals surface area (Å²) < 4.78 is 30.1. The van der Waals surface area contributed by atoms with E-state index in [2.05, 4.69) is 9.72 Å². The summed E-state index contributed by atoms with van der Waals surface area (Å²) >= 11 is 0. The molecule has 17 heavy (non-hydrogen) atoms. The van der Waals surface area contributed by atoms with E-state index in [1.54, 1.807) is 6.07 Å². The number of esters is 1. The Balaban J connectivity index is 3.36. The molecule has 0 atom stereocenters. The molecular formula is C11H10F2N2O2. The monoisotopic (exact) mass is 240 g/mol. The summed E-state index contributed by atoms with van der Waals surface area (Å²) in [7, 11) is 1.15. The first-order valence-corrected chi connectivity index (χ1v) is 4.74. The number of hydrogen-bond acceptors (Lipinski definition) is 4. The van der Waals surface area contributed by atoms with Crippen LogP contribution >= 0.6 is 0 Å². The van der Waals surface area contributed by atoms with E-state index in [0.717, 1.165) is 7.11 Å². The molecule has 0 bridgehead atoms. The average Bonchev–Trinajstić information content (AvgIpc) is 2.28. The lowest BCUT2D eigenvalue weighted by molar-refractivity contribution is -0.139. The van der Waals surface area contributed by atoms with Crippen molar-refractivity contribution in [2.24, 2.45) is 0 Å². The van der Waals surface area contributed by atoms with Crippen LogP contribution in [0.5, 0.6) is 0 Å². The Labute approximate surface area is 96.8 Å². The SMILES string of the molecule is COC(=O)Cc1c(C#N)ncc(C)c1C(F)F. The van der Waals surface area contributed by atoms with Crippen LogP contribution < -0.4 is 0 Å². The number of carbonyl (C=O) groups excluding carboxylic acids is 1. The molecule has 4 nitrogen and oxygen atoms in total. The van der Waals surface area contributed by atoms with Crippen molar-refractivity contribution in [1.82, 2.24) is 4.98 Å². The molecular weight excluding hydrogens is 230 g/mol. The molecule has 0 saturated carbocycles. The van der Waals surface area contributed by atoms with Gasteiger partial charge in [0.2, 0.25) is 0 Å². The minimum absolute atomic E-state index is 0.0608. The van der Waals surface area contributed by atoms with Gasteiger partial charge in [-0.15, -0.1) is 0 Å². The predicted molar refractivity (Wildman–Crippen MR) is 54.4 cm³/mol. The van der Waals surface area contributed by atoms with Gasteiger partial charge in [0.25, 0.3) is 6.43 Å². The molecule has 0 N–H and O–H groups in total. The number of carbonyl (C=O) groups is 1. The molecule has 6 heteroatoms. The molecule has 0 unspecified atom stereocenters. The fourth-order valence-electron chi connectivity index (χ4n) is 1.47. The van der Waals surface area contributed by atoms with Gasteiger partial charge in [-0.2, -0.15) is 5.26 Å². The number of rotatable bonds is 3. The van der Waals surface area contributed by atoms with Gasteiger partial charge >= 0.3 is 5.97 Å². The van der Waals surface area contributed by atoms with E-state index in [0.29, 0.717) is 0 Å². The van der Waals surface area contributed by atoms with Crippen LogP contribution in [0.25, 0.3) is 0 Å². The molecule has 0 aliphatic carbocycles. The van der Waals surface area contributed by atoms with Crippen molar-refractivity contribution in [2.45, 2.75) is 19.8 Å². The molecule has 1 heterocycles. The molecule has 0 aliphatic heterocycles. The molecule has 1 aromatic rings. The molecule has 1 rings (SSSR count). The lowest BCUT2D eigenvalue weighted by atomic mass is 10.00. The van der Waals surface area contributed by atoms with Gasteiger partial charge in [0, 0.05) is 17.3 Å². The second kappa shape index (κ2) is 5.34. The molecule has 90 valence electrons. The van der Waals surface area contributed by atoms with E-state index >= 15 is 0 Å². The minimum Gasteiger partial charge on any atom is -0.469 e. The third-order valence-electron chi connectivity index (χ3n) is 2.30. The van der Waals surface area contributed by atoms with Crippen LogP contribution in [-0.4, -0.2) is 18.1 Å². The van der Waals surface area contributed by atoms with Crippen molar-refractivity contribution in [2.75, 3.05) is 7.11 Å². The Hall–Kier alpha value is -2.03. The van der Waals surface area contributed by atoms with E-state index in [4.69, 9.17) is 5.26 Å². The fourth-order valence-corrected chi connectivity index (χ4v) is 1.47. The average molecular weight is 240 g/mol. The molecule has 0 fully saturated rings. The number of hydrogen-bond donors (Lipinski definition) is 0. The first kappa shape index (κ1) is 13.0. The second-order valence-electron chi connectivity index (χ2n) is 3.35. The van der Waals surface area contributed by atoms with E-state index < -0.39 is 12.4 Å². The maximum absolute atomic E-state index is 12.9. The van der Waals surface area contributed by atoms with Crippen LogP contribution in [0.2, 0.25) is 0 Å². The maximum atomic E-state index is 12.9. The number of halogens is 2. The minimum atomic E-state index is -2.76. The van der Waals surface area contributed by atoms with Gasteiger partial charge < -0.3 is 4.74 Å². The number of methoxy groups -OCH3 is 1. The number of aromatic nitrogens is 1. The number of ether oxygens (including phenoxy) is 1. The van der Waals surface area contributed by atoms with Crippen molar-refractivity contribution in [3.05, 3.63) is 28.6 Å². The van der Waals surface area contributed by atoms with Gasteiger partial charge in [-0.3, -0.25) is 4.79 Å². The molecule has 0 aromatic carbocycles. The van der Waals surface area contributed by atoms with Gasteiger partial charge in [0.1, 0.15) is 11.8 Å². The molecule has 0 amide bonds. The van der Waals surface area contributed by atoms with Crippen LogP contribution in [0.1, 0.15) is 28.8 Å². The first-order chi connectivity index (χ1) is 8.01. The molecule has 0 aliphatic rings. The smallest absolute Gasteiger partial charge is 0.310 e. The summed E-state index contributed by atoms with van der Waals surface area (Å²) in [5.74, 6) is -0.684. The van der Waals surface area contributed by atoms with E-state index in [-0.39, 0.29) is 28.8 Å². The fraction of sp³-hybridized carbons (Fsp3) is 0.364. The van der Waals surface area contributed by atoms with Gasteiger partial charge in [-0.25, -0.2) is 13.8 Å². The number of alkyl halides is 2. The molecule has 0 spiro atoms. The Kier molecular flexibility index (Phi) is 4.10. The van der Waals surface area contributed by atoms with Crippen molar-refractivity contribution in [1.29, 1.82) is 5.26 Å². The van der Waals surface area contributed by atoms with Gasteiger partial charge in [-0.05, 0) is 12.5 Å². The zero-order chi connectivity index (χ0) is 13.0. The van der Waals surface area contributed by atoms with Crippen molar-refractivity contribution in [3.8, 4) is 6.07 Å². The Morgan fingerprint density at radius 2 is 2.29 bits per heavy atom. The lowest BCUT2D eigenvalue weighted by Crippen LogP contribution is -2.11. The van der Waals surface area contributed by atoms with Crippen molar-refractivity contribution < 1.29 is 18.3 Å². The first-order valence-electron chi connectivity index (χ1n) is 4.74. The van der Waals surface area contributed by atoms with Crippen molar-refractivity contribution in [3.63, 3.8) is 0 Å². The molecule has 0 saturated heterocycles. The lowest BCUT2D eigenvalue weighted by Gasteiger charge is -2.11. The Morgan fingerprint density at radius 1 is 1.65 bits per heavy atom. The summed E-state index contributed by atoms with van der Waals surface area (Å²) in [6, 6.07) is 1.70. The normalized spacial score (nSPS) is 10.1. The summed E-state index contributed by atoms with van der Waals surface area (Å²) in [6.45, 7) is 1.45. The zero-order valence-electron chi connectivity index (χ0n) is 9.33. The highest BCUT2D eigenvalue weighted by molar-refractivity contribution is 5.74. The van der Waals surface area contributed by atoms with Gasteiger partial charge in [-0.1, -0.05) is 0 Å². The number of nitriles is 1. The van der Waals surface area contributed by atoms with Crippen LogP contribution in [0.4, 0.5) is 8.78 Å². The molecule has 0 radical (unpaired) electrons. The van der Waals surface area contributed by atoms with Gasteiger partial charge in [0.15, 0.2) is 0 Å². The zero-order valence-corrected chi connectivity index (χ0v) is 9.33. The van der Waals surface area contributed by atoms with Crippen molar-refractivity contribution >= 4 is 5.97 Å². The van der Waals surface area contributed by atoms with Gasteiger partial charge in [0.05, 0.1) is 13.5 Å². The third-order valence-corrected chi connectivity index (χ3v) is 2.30. The number of pyridine rings is 1. The quantitative estimate of drug-likeness (QED) is 0.757. The number of aryl methyl sites for hydroxylation is 1. The highest BCUT2D eigenvalue weighted by atomic mass is 19.3. The van der Waals surface area contributed by atoms with Crippen LogP contribution in [0.15, 0.2) is 6.20 Å². The van der Waals surface area contributed by atoms with Crippen LogP contribution in [0, 0.1) is 18.3 Å². The number of nitrogens with zero attached hydrogens (tertiary/aromatic N) is 2. The standard InChI is InChI=1S/C11H10F2N2O2/c1-6-5-15-8(4-14)7(3-9(16)17-2)10(6)11(12)13/h5,11H,3H2,1-2H3. The van der Waals surface area contributed by atoms with Crippen LogP contribution in [-0.2, 0) is 16.0 Å². The van der Waals surface area contributed by atoms with E-state index in [9.17, 15) is 13.6 Å². The molecule has 1 aromatic heterocycles. The summed E-state index contributed by atoms with van der Waals surface area (Å²) in [5.41, 5.74) is -0.300. The summed E-state index contributed by atoms with van der Waals surface area (Å²) in [6.07, 6.45) is -1.95. The van der Waals surface area contributed by atoms with E-state index in [1.165, 1.54) is 13.1 Å². The third kappa shape index (κ3) is 2.75. The van der Waals surface area contributed by atoms with E-state index in [1.807, 2.05) is 0 Å².